The predicted molar refractivity (Wildman–Crippen MR) is 64.7 cm³/mol. The minimum Gasteiger partial charge on any atom is -0.423 e. The van der Waals surface area contributed by atoms with E-state index in [9.17, 15) is 4.79 Å². The third-order valence-corrected chi connectivity index (χ3v) is 2.84. The molecule has 0 unspecified atom stereocenters. The number of hydrogen-bond acceptors (Lipinski definition) is 2. The van der Waals surface area contributed by atoms with Crippen LogP contribution in [0.3, 0.4) is 0 Å². The Kier molecular flexibility index (Phi) is 1.83. The fourth-order valence-corrected chi connectivity index (χ4v) is 2.00. The zero-order valence-electron chi connectivity index (χ0n) is 8.86. The molecule has 0 amide bonds. The molecule has 0 aliphatic heterocycles. The highest BCUT2D eigenvalue weighted by atomic mass is 16.4. The van der Waals surface area contributed by atoms with Crippen LogP contribution >= 0.6 is 0 Å². The third kappa shape index (κ3) is 1.31. The summed E-state index contributed by atoms with van der Waals surface area (Å²) >= 11 is 0. The zero-order chi connectivity index (χ0) is 11.1. The van der Waals surface area contributed by atoms with E-state index in [1.807, 2.05) is 18.2 Å². The van der Waals surface area contributed by atoms with Crippen LogP contribution < -0.4 is 5.63 Å². The molecule has 0 aliphatic rings. The molecule has 2 heteroatoms. The number of hydrogen-bond donors (Lipinski definition) is 0. The molecule has 16 heavy (non-hydrogen) atoms. The molecule has 3 rings (SSSR count). The highest BCUT2D eigenvalue weighted by molar-refractivity contribution is 5.97. The standard InChI is InChI=1S/C14H10O2/c1-9-3-2-4-10-7-11-5-6-14(15)16-13(11)8-12(9)10/h2-8H,1H3. The number of fused-ring (bicyclic) bond motifs is 2. The Bertz CT molecular complexity index is 738. The van der Waals surface area contributed by atoms with E-state index in [1.165, 1.54) is 17.0 Å². The van der Waals surface area contributed by atoms with Gasteiger partial charge in [-0.15, -0.1) is 0 Å². The molecule has 0 N–H and O–H groups in total. The Morgan fingerprint density at radius 1 is 1.00 bits per heavy atom. The van der Waals surface area contributed by atoms with Gasteiger partial charge in [-0.25, -0.2) is 4.79 Å². The normalized spacial score (nSPS) is 11.1. The van der Waals surface area contributed by atoms with E-state index in [2.05, 4.69) is 19.1 Å². The molecule has 3 aromatic rings. The molecule has 0 atom stereocenters. The molecule has 0 aliphatic carbocycles. The summed E-state index contributed by atoms with van der Waals surface area (Å²) in [6, 6.07) is 13.4. The van der Waals surface area contributed by atoms with Crippen molar-refractivity contribution in [2.45, 2.75) is 6.92 Å². The predicted octanol–water partition coefficient (Wildman–Crippen LogP) is 3.25. The van der Waals surface area contributed by atoms with E-state index in [-0.39, 0.29) is 5.63 Å². The molecule has 0 radical (unpaired) electrons. The minimum absolute atomic E-state index is 0.305. The van der Waals surface area contributed by atoms with Gasteiger partial charge in [0, 0.05) is 11.5 Å². The summed E-state index contributed by atoms with van der Waals surface area (Å²) in [7, 11) is 0. The second-order valence-electron chi connectivity index (χ2n) is 3.94. The average molecular weight is 210 g/mol. The smallest absolute Gasteiger partial charge is 0.336 e. The topological polar surface area (TPSA) is 30.2 Å². The summed E-state index contributed by atoms with van der Waals surface area (Å²) in [5, 5.41) is 3.25. The summed E-state index contributed by atoms with van der Waals surface area (Å²) in [5.74, 6) is 0. The Balaban J connectivity index is 2.54. The molecule has 0 bridgehead atoms. The largest absolute Gasteiger partial charge is 0.423 e. The highest BCUT2D eigenvalue weighted by Crippen LogP contribution is 2.24. The molecule has 1 aromatic heterocycles. The highest BCUT2D eigenvalue weighted by Gasteiger charge is 2.02. The lowest BCUT2D eigenvalue weighted by Crippen LogP contribution is -1.94. The molecule has 2 aromatic carbocycles. The van der Waals surface area contributed by atoms with Crippen molar-refractivity contribution < 1.29 is 4.42 Å². The molecule has 78 valence electrons. The maximum atomic E-state index is 11.1. The van der Waals surface area contributed by atoms with Crippen molar-refractivity contribution in [3.05, 3.63) is 58.4 Å². The first-order valence-corrected chi connectivity index (χ1v) is 5.17. The molecule has 0 fully saturated rings. The lowest BCUT2D eigenvalue weighted by atomic mass is 10.0. The van der Waals surface area contributed by atoms with Crippen molar-refractivity contribution in [3.63, 3.8) is 0 Å². The van der Waals surface area contributed by atoms with Gasteiger partial charge in [-0.3, -0.25) is 0 Å². The van der Waals surface area contributed by atoms with Gasteiger partial charge in [-0.1, -0.05) is 18.2 Å². The van der Waals surface area contributed by atoms with Crippen LogP contribution in [-0.2, 0) is 0 Å². The maximum absolute atomic E-state index is 11.1. The SMILES string of the molecule is Cc1cccc2cc3ccc(=O)oc3cc12. The van der Waals surface area contributed by atoms with Gasteiger partial charge in [-0.05, 0) is 41.5 Å². The van der Waals surface area contributed by atoms with Gasteiger partial charge < -0.3 is 4.42 Å². The van der Waals surface area contributed by atoms with Crippen LogP contribution in [-0.4, -0.2) is 0 Å². The number of rotatable bonds is 0. The molecule has 1 heterocycles. The second-order valence-corrected chi connectivity index (χ2v) is 3.94. The quantitative estimate of drug-likeness (QED) is 0.421. The van der Waals surface area contributed by atoms with Gasteiger partial charge in [0.25, 0.3) is 0 Å². The van der Waals surface area contributed by atoms with Crippen LogP contribution in [0.25, 0.3) is 21.7 Å². The van der Waals surface area contributed by atoms with E-state index in [0.717, 1.165) is 10.8 Å². The van der Waals surface area contributed by atoms with Crippen molar-refractivity contribution in [3.8, 4) is 0 Å². The summed E-state index contributed by atoms with van der Waals surface area (Å²) in [5.41, 5.74) is 1.53. The first-order valence-electron chi connectivity index (χ1n) is 5.17. The second kappa shape index (κ2) is 3.20. The fourth-order valence-electron chi connectivity index (χ4n) is 2.00. The van der Waals surface area contributed by atoms with E-state index >= 15 is 0 Å². The Morgan fingerprint density at radius 2 is 1.88 bits per heavy atom. The van der Waals surface area contributed by atoms with Gasteiger partial charge >= 0.3 is 5.63 Å². The Hall–Kier alpha value is -2.09. The number of benzene rings is 2. The molecular formula is C14H10O2. The van der Waals surface area contributed by atoms with Crippen molar-refractivity contribution in [1.29, 1.82) is 0 Å². The summed E-state index contributed by atoms with van der Waals surface area (Å²) in [4.78, 5) is 11.1. The van der Waals surface area contributed by atoms with Crippen molar-refractivity contribution in [2.24, 2.45) is 0 Å². The third-order valence-electron chi connectivity index (χ3n) is 2.84. The fraction of sp³-hybridized carbons (Fsp3) is 0.0714. The first kappa shape index (κ1) is 9.16. The average Bonchev–Trinajstić information content (AvgIpc) is 2.28. The summed E-state index contributed by atoms with van der Waals surface area (Å²) in [6.45, 7) is 2.05. The van der Waals surface area contributed by atoms with E-state index < -0.39 is 0 Å². The van der Waals surface area contributed by atoms with Crippen molar-refractivity contribution >= 4 is 21.7 Å². The van der Waals surface area contributed by atoms with Gasteiger partial charge in [-0.2, -0.15) is 0 Å². The van der Waals surface area contributed by atoms with Crippen molar-refractivity contribution in [2.75, 3.05) is 0 Å². The Labute approximate surface area is 92.1 Å². The first-order chi connectivity index (χ1) is 7.74. The molecular weight excluding hydrogens is 200 g/mol. The van der Waals surface area contributed by atoms with Gasteiger partial charge in [0.1, 0.15) is 5.58 Å². The van der Waals surface area contributed by atoms with Crippen molar-refractivity contribution in [1.82, 2.24) is 0 Å². The van der Waals surface area contributed by atoms with Crippen LogP contribution in [0.15, 0.2) is 51.7 Å². The lowest BCUT2D eigenvalue weighted by molar-refractivity contribution is 0.561. The van der Waals surface area contributed by atoms with Crippen LogP contribution in [0.2, 0.25) is 0 Å². The van der Waals surface area contributed by atoms with E-state index in [4.69, 9.17) is 4.42 Å². The molecule has 0 spiro atoms. The number of aryl methyl sites for hydroxylation is 1. The van der Waals surface area contributed by atoms with Gasteiger partial charge in [0.05, 0.1) is 0 Å². The lowest BCUT2D eigenvalue weighted by Gasteiger charge is -2.03. The van der Waals surface area contributed by atoms with Crippen LogP contribution in [0.1, 0.15) is 5.56 Å². The molecule has 2 nitrogen and oxygen atoms in total. The maximum Gasteiger partial charge on any atom is 0.336 e. The van der Waals surface area contributed by atoms with Crippen LogP contribution in [0.4, 0.5) is 0 Å². The van der Waals surface area contributed by atoms with Crippen LogP contribution in [0.5, 0.6) is 0 Å². The zero-order valence-corrected chi connectivity index (χ0v) is 8.86. The molecule has 0 saturated carbocycles. The minimum atomic E-state index is -0.305. The summed E-state index contributed by atoms with van der Waals surface area (Å²) in [6.07, 6.45) is 0. The van der Waals surface area contributed by atoms with Crippen LogP contribution in [0, 0.1) is 6.92 Å². The van der Waals surface area contributed by atoms with Gasteiger partial charge in [0.2, 0.25) is 0 Å². The van der Waals surface area contributed by atoms with E-state index in [0.29, 0.717) is 5.58 Å². The Morgan fingerprint density at radius 3 is 2.75 bits per heavy atom. The summed E-state index contributed by atoms with van der Waals surface area (Å²) < 4.78 is 5.17. The molecule has 0 saturated heterocycles. The monoisotopic (exact) mass is 210 g/mol. The van der Waals surface area contributed by atoms with Gasteiger partial charge in [0.15, 0.2) is 0 Å². The van der Waals surface area contributed by atoms with E-state index in [1.54, 1.807) is 6.07 Å².